The van der Waals surface area contributed by atoms with Crippen molar-refractivity contribution in [3.8, 4) is 5.75 Å². The van der Waals surface area contributed by atoms with Crippen LogP contribution in [-0.4, -0.2) is 17.4 Å². The van der Waals surface area contributed by atoms with Crippen LogP contribution in [0.2, 0.25) is 0 Å². The first-order chi connectivity index (χ1) is 9.29. The molecule has 0 atom stereocenters. The zero-order chi connectivity index (χ0) is 13.5. The molecule has 0 unspecified atom stereocenters. The molecule has 0 fully saturated rings. The lowest BCUT2D eigenvalue weighted by Gasteiger charge is -2.06. The van der Waals surface area contributed by atoms with Crippen LogP contribution in [-0.2, 0) is 6.42 Å². The summed E-state index contributed by atoms with van der Waals surface area (Å²) in [5.41, 5.74) is 1.45. The van der Waals surface area contributed by atoms with Gasteiger partial charge in [-0.3, -0.25) is 9.78 Å². The Kier molecular flexibility index (Phi) is 4.67. The molecule has 0 spiro atoms. The largest absolute Gasteiger partial charge is 0.494 e. The molecule has 0 bridgehead atoms. The molecule has 0 amide bonds. The molecule has 1 aromatic carbocycles. The molecule has 0 N–H and O–H groups in total. The monoisotopic (exact) mass is 255 g/mol. The SMILES string of the molecule is CCCOc1cccc(C(=O)Cc2ccccn2)c1. The number of hydrogen-bond acceptors (Lipinski definition) is 3. The predicted octanol–water partition coefficient (Wildman–Crippen LogP) is 3.30. The normalized spacial score (nSPS) is 10.2. The quantitative estimate of drug-likeness (QED) is 0.743. The van der Waals surface area contributed by atoms with Crippen molar-refractivity contribution in [2.75, 3.05) is 6.61 Å². The first-order valence-electron chi connectivity index (χ1n) is 6.45. The van der Waals surface area contributed by atoms with Crippen molar-refractivity contribution >= 4 is 5.78 Å². The van der Waals surface area contributed by atoms with Crippen molar-refractivity contribution in [1.29, 1.82) is 0 Å². The van der Waals surface area contributed by atoms with Crippen LogP contribution in [0.25, 0.3) is 0 Å². The minimum atomic E-state index is 0.0562. The van der Waals surface area contributed by atoms with Gasteiger partial charge >= 0.3 is 0 Å². The Labute approximate surface area is 113 Å². The maximum atomic E-state index is 12.1. The van der Waals surface area contributed by atoms with E-state index < -0.39 is 0 Å². The van der Waals surface area contributed by atoms with E-state index in [0.717, 1.165) is 17.9 Å². The second-order valence-electron chi connectivity index (χ2n) is 4.30. The fourth-order valence-corrected chi connectivity index (χ4v) is 1.75. The number of hydrogen-bond donors (Lipinski definition) is 0. The molecule has 0 radical (unpaired) electrons. The van der Waals surface area contributed by atoms with E-state index in [9.17, 15) is 4.79 Å². The van der Waals surface area contributed by atoms with Crippen LogP contribution in [0.5, 0.6) is 5.75 Å². The minimum absolute atomic E-state index is 0.0562. The third-order valence-electron chi connectivity index (χ3n) is 2.70. The van der Waals surface area contributed by atoms with Gasteiger partial charge in [0.05, 0.1) is 13.0 Å². The van der Waals surface area contributed by atoms with Crippen molar-refractivity contribution in [2.45, 2.75) is 19.8 Å². The Morgan fingerprint density at radius 3 is 2.84 bits per heavy atom. The summed E-state index contributed by atoms with van der Waals surface area (Å²) in [6.07, 6.45) is 2.97. The Morgan fingerprint density at radius 2 is 2.11 bits per heavy atom. The first kappa shape index (κ1) is 13.3. The van der Waals surface area contributed by atoms with Crippen LogP contribution in [0, 0.1) is 0 Å². The molecule has 2 aromatic rings. The van der Waals surface area contributed by atoms with Gasteiger partial charge in [-0.2, -0.15) is 0 Å². The number of benzene rings is 1. The maximum absolute atomic E-state index is 12.1. The molecule has 0 aliphatic heterocycles. The van der Waals surface area contributed by atoms with Crippen LogP contribution in [0.15, 0.2) is 48.7 Å². The van der Waals surface area contributed by atoms with Gasteiger partial charge in [-0.15, -0.1) is 0 Å². The zero-order valence-electron chi connectivity index (χ0n) is 11.0. The van der Waals surface area contributed by atoms with E-state index in [1.54, 1.807) is 12.3 Å². The highest BCUT2D eigenvalue weighted by atomic mass is 16.5. The fraction of sp³-hybridized carbons (Fsp3) is 0.250. The number of ketones is 1. The van der Waals surface area contributed by atoms with Gasteiger partial charge in [-0.25, -0.2) is 0 Å². The molecular formula is C16H17NO2. The summed E-state index contributed by atoms with van der Waals surface area (Å²) >= 11 is 0. The van der Waals surface area contributed by atoms with E-state index in [1.807, 2.05) is 36.4 Å². The number of Topliss-reactive ketones (excluding diaryl/α,β-unsaturated/α-hetero) is 1. The van der Waals surface area contributed by atoms with Crippen molar-refractivity contribution in [2.24, 2.45) is 0 Å². The second-order valence-corrected chi connectivity index (χ2v) is 4.30. The summed E-state index contributed by atoms with van der Waals surface area (Å²) in [6.45, 7) is 2.72. The molecule has 0 saturated heterocycles. The van der Waals surface area contributed by atoms with Gasteiger partial charge in [-0.1, -0.05) is 25.1 Å². The van der Waals surface area contributed by atoms with Gasteiger partial charge < -0.3 is 4.74 Å². The van der Waals surface area contributed by atoms with E-state index in [1.165, 1.54) is 0 Å². The van der Waals surface area contributed by atoms with Crippen molar-refractivity contribution in [3.05, 3.63) is 59.9 Å². The van der Waals surface area contributed by atoms with Crippen LogP contribution in [0.4, 0.5) is 0 Å². The zero-order valence-corrected chi connectivity index (χ0v) is 11.0. The summed E-state index contributed by atoms with van der Waals surface area (Å²) in [4.78, 5) is 16.3. The van der Waals surface area contributed by atoms with Crippen LogP contribution < -0.4 is 4.74 Å². The van der Waals surface area contributed by atoms with E-state index in [0.29, 0.717) is 18.6 Å². The minimum Gasteiger partial charge on any atom is -0.494 e. The summed E-state index contributed by atoms with van der Waals surface area (Å²) in [6, 6.07) is 12.9. The maximum Gasteiger partial charge on any atom is 0.168 e. The van der Waals surface area contributed by atoms with Gasteiger partial charge in [0.15, 0.2) is 5.78 Å². The Morgan fingerprint density at radius 1 is 1.21 bits per heavy atom. The van der Waals surface area contributed by atoms with Gasteiger partial charge in [0, 0.05) is 17.5 Å². The molecule has 98 valence electrons. The average molecular weight is 255 g/mol. The van der Waals surface area contributed by atoms with Crippen molar-refractivity contribution < 1.29 is 9.53 Å². The molecule has 0 saturated carbocycles. The van der Waals surface area contributed by atoms with Crippen LogP contribution in [0.3, 0.4) is 0 Å². The number of aromatic nitrogens is 1. The molecular weight excluding hydrogens is 238 g/mol. The standard InChI is InChI=1S/C16H17NO2/c1-2-10-19-15-8-5-6-13(11-15)16(18)12-14-7-3-4-9-17-14/h3-9,11H,2,10,12H2,1H3. The highest BCUT2D eigenvalue weighted by Gasteiger charge is 2.08. The van der Waals surface area contributed by atoms with Crippen molar-refractivity contribution in [3.63, 3.8) is 0 Å². The van der Waals surface area contributed by atoms with Crippen LogP contribution in [0.1, 0.15) is 29.4 Å². The number of carbonyl (C=O) groups is 1. The van der Waals surface area contributed by atoms with Gasteiger partial charge in [0.25, 0.3) is 0 Å². The highest BCUT2D eigenvalue weighted by molar-refractivity contribution is 5.97. The molecule has 0 aliphatic rings. The van der Waals surface area contributed by atoms with Gasteiger partial charge in [0.2, 0.25) is 0 Å². The van der Waals surface area contributed by atoms with Crippen LogP contribution >= 0.6 is 0 Å². The Balaban J connectivity index is 2.06. The highest BCUT2D eigenvalue weighted by Crippen LogP contribution is 2.15. The van der Waals surface area contributed by atoms with Gasteiger partial charge in [-0.05, 0) is 30.7 Å². The summed E-state index contributed by atoms with van der Waals surface area (Å²) in [5, 5.41) is 0. The molecule has 19 heavy (non-hydrogen) atoms. The number of carbonyl (C=O) groups excluding carboxylic acids is 1. The molecule has 3 nitrogen and oxygen atoms in total. The van der Waals surface area contributed by atoms with E-state index in [4.69, 9.17) is 4.74 Å². The van der Waals surface area contributed by atoms with Gasteiger partial charge in [0.1, 0.15) is 5.75 Å². The fourth-order valence-electron chi connectivity index (χ4n) is 1.75. The topological polar surface area (TPSA) is 39.2 Å². The number of nitrogens with zero attached hydrogens (tertiary/aromatic N) is 1. The van der Waals surface area contributed by atoms with E-state index in [-0.39, 0.29) is 5.78 Å². The predicted molar refractivity (Wildman–Crippen MR) is 74.5 cm³/mol. The Bertz CT molecular complexity index is 537. The van der Waals surface area contributed by atoms with E-state index >= 15 is 0 Å². The smallest absolute Gasteiger partial charge is 0.168 e. The molecule has 1 heterocycles. The number of ether oxygens (including phenoxy) is 1. The third kappa shape index (κ3) is 3.91. The molecule has 2 rings (SSSR count). The average Bonchev–Trinajstić information content (AvgIpc) is 2.46. The lowest BCUT2D eigenvalue weighted by atomic mass is 10.1. The summed E-state index contributed by atoms with van der Waals surface area (Å²) in [5.74, 6) is 0.800. The number of rotatable bonds is 6. The summed E-state index contributed by atoms with van der Waals surface area (Å²) in [7, 11) is 0. The third-order valence-corrected chi connectivity index (χ3v) is 2.70. The second kappa shape index (κ2) is 6.69. The lowest BCUT2D eigenvalue weighted by molar-refractivity contribution is 0.0991. The molecule has 0 aliphatic carbocycles. The molecule has 3 heteroatoms. The number of pyridine rings is 1. The first-order valence-corrected chi connectivity index (χ1v) is 6.45. The summed E-state index contributed by atoms with van der Waals surface area (Å²) < 4.78 is 5.53. The molecule has 1 aromatic heterocycles. The Hall–Kier alpha value is -2.16. The lowest BCUT2D eigenvalue weighted by Crippen LogP contribution is -2.05. The van der Waals surface area contributed by atoms with Crippen molar-refractivity contribution in [1.82, 2.24) is 4.98 Å². The van der Waals surface area contributed by atoms with E-state index in [2.05, 4.69) is 11.9 Å².